The number of nitrogens with two attached hydrogens (primary N) is 1. The van der Waals surface area contributed by atoms with E-state index in [0.717, 1.165) is 25.9 Å². The van der Waals surface area contributed by atoms with E-state index in [1.54, 1.807) is 9.47 Å². The highest BCUT2D eigenvalue weighted by molar-refractivity contribution is 7.89. The maximum Gasteiger partial charge on any atom is 0.270 e. The van der Waals surface area contributed by atoms with Crippen LogP contribution in [0.4, 0.5) is 0 Å². The van der Waals surface area contributed by atoms with Gasteiger partial charge in [-0.2, -0.15) is 0 Å². The molecule has 112 valence electrons. The molecule has 1 saturated heterocycles. The van der Waals surface area contributed by atoms with Crippen LogP contribution in [-0.4, -0.2) is 36.9 Å². The summed E-state index contributed by atoms with van der Waals surface area (Å²) in [5, 5.41) is 5.14. The molecule has 1 amide bonds. The molecule has 0 spiro atoms. The molecule has 0 radical (unpaired) electrons. The maximum absolute atomic E-state index is 12.5. The number of aromatic nitrogens is 1. The van der Waals surface area contributed by atoms with Crippen LogP contribution in [0.25, 0.3) is 0 Å². The Bertz CT molecular complexity index is 606. The average Bonchev–Trinajstić information content (AvgIpc) is 2.95. The zero-order valence-corrected chi connectivity index (χ0v) is 12.7. The molecule has 1 atom stereocenters. The van der Waals surface area contributed by atoms with E-state index in [4.69, 9.17) is 5.14 Å². The van der Waals surface area contributed by atoms with Gasteiger partial charge < -0.3 is 9.47 Å². The fourth-order valence-electron chi connectivity index (χ4n) is 2.53. The Morgan fingerprint density at radius 1 is 1.50 bits per heavy atom. The second-order valence-corrected chi connectivity index (χ2v) is 7.01. The lowest BCUT2D eigenvalue weighted by atomic mass is 10.2. The van der Waals surface area contributed by atoms with Crippen LogP contribution in [0.15, 0.2) is 17.2 Å². The van der Waals surface area contributed by atoms with E-state index in [-0.39, 0.29) is 10.8 Å². The van der Waals surface area contributed by atoms with E-state index < -0.39 is 10.0 Å². The fraction of sp³-hybridized carbons (Fsp3) is 0.615. The standard InChI is InChI=1S/C13H21N3O3S/c1-3-5-15-9-11(20(14,18)19)7-12(15)13(17)16-6-4-10(2)8-16/h7,9-10H,3-6,8H2,1-2H3,(H2,14,18,19). The Kier molecular flexibility index (Phi) is 4.19. The van der Waals surface area contributed by atoms with Crippen LogP contribution < -0.4 is 5.14 Å². The monoisotopic (exact) mass is 299 g/mol. The van der Waals surface area contributed by atoms with Crippen molar-refractivity contribution in [3.63, 3.8) is 0 Å². The van der Waals surface area contributed by atoms with Crippen molar-refractivity contribution < 1.29 is 13.2 Å². The van der Waals surface area contributed by atoms with Crippen molar-refractivity contribution in [3.05, 3.63) is 18.0 Å². The van der Waals surface area contributed by atoms with Crippen molar-refractivity contribution in [1.82, 2.24) is 9.47 Å². The van der Waals surface area contributed by atoms with E-state index in [2.05, 4.69) is 6.92 Å². The summed E-state index contributed by atoms with van der Waals surface area (Å²) in [6, 6.07) is 1.39. The number of hydrogen-bond donors (Lipinski definition) is 1. The molecular weight excluding hydrogens is 278 g/mol. The molecule has 2 N–H and O–H groups in total. The Morgan fingerprint density at radius 3 is 2.70 bits per heavy atom. The van der Waals surface area contributed by atoms with Crippen molar-refractivity contribution in [2.24, 2.45) is 11.1 Å². The molecule has 2 heterocycles. The predicted molar refractivity (Wildman–Crippen MR) is 75.8 cm³/mol. The average molecular weight is 299 g/mol. The lowest BCUT2D eigenvalue weighted by Gasteiger charge is -2.17. The molecular formula is C13H21N3O3S. The van der Waals surface area contributed by atoms with Gasteiger partial charge in [0.2, 0.25) is 10.0 Å². The van der Waals surface area contributed by atoms with Crippen molar-refractivity contribution in [1.29, 1.82) is 0 Å². The largest absolute Gasteiger partial charge is 0.342 e. The van der Waals surface area contributed by atoms with Gasteiger partial charge in [-0.15, -0.1) is 0 Å². The van der Waals surface area contributed by atoms with Gasteiger partial charge in [0.15, 0.2) is 0 Å². The van der Waals surface area contributed by atoms with E-state index in [1.807, 2.05) is 6.92 Å². The van der Waals surface area contributed by atoms with Gasteiger partial charge in [0.05, 0.1) is 0 Å². The van der Waals surface area contributed by atoms with E-state index in [9.17, 15) is 13.2 Å². The highest BCUT2D eigenvalue weighted by Gasteiger charge is 2.27. The molecule has 1 aromatic rings. The van der Waals surface area contributed by atoms with Crippen LogP contribution in [0, 0.1) is 5.92 Å². The first-order chi connectivity index (χ1) is 9.32. The first-order valence-electron chi connectivity index (χ1n) is 6.85. The third-order valence-corrected chi connectivity index (χ3v) is 4.48. The second kappa shape index (κ2) is 5.57. The summed E-state index contributed by atoms with van der Waals surface area (Å²) < 4.78 is 24.6. The van der Waals surface area contributed by atoms with E-state index in [0.29, 0.717) is 18.2 Å². The zero-order valence-electron chi connectivity index (χ0n) is 11.9. The van der Waals surface area contributed by atoms with Gasteiger partial charge >= 0.3 is 0 Å². The van der Waals surface area contributed by atoms with Crippen molar-refractivity contribution in [3.8, 4) is 0 Å². The summed E-state index contributed by atoms with van der Waals surface area (Å²) in [7, 11) is -3.78. The third kappa shape index (κ3) is 3.04. The van der Waals surface area contributed by atoms with E-state index in [1.165, 1.54) is 12.3 Å². The van der Waals surface area contributed by atoms with Crippen molar-refractivity contribution >= 4 is 15.9 Å². The number of rotatable bonds is 4. The minimum absolute atomic E-state index is 0.00143. The van der Waals surface area contributed by atoms with Gasteiger partial charge in [0.1, 0.15) is 10.6 Å². The number of primary sulfonamides is 1. The minimum atomic E-state index is -3.78. The van der Waals surface area contributed by atoms with Crippen LogP contribution in [0.2, 0.25) is 0 Å². The molecule has 0 aromatic carbocycles. The molecule has 1 aliphatic heterocycles. The summed E-state index contributed by atoms with van der Waals surface area (Å²) in [6.45, 7) is 6.12. The fourth-order valence-corrected chi connectivity index (χ4v) is 3.08. The van der Waals surface area contributed by atoms with Gasteiger partial charge in [-0.3, -0.25) is 4.79 Å². The molecule has 1 aliphatic rings. The summed E-state index contributed by atoms with van der Waals surface area (Å²) in [6.07, 6.45) is 3.25. The molecule has 1 fully saturated rings. The molecule has 7 heteroatoms. The van der Waals surface area contributed by atoms with Crippen molar-refractivity contribution in [2.75, 3.05) is 13.1 Å². The first kappa shape index (κ1) is 15.1. The molecule has 0 bridgehead atoms. The number of carbonyl (C=O) groups is 1. The number of amides is 1. The first-order valence-corrected chi connectivity index (χ1v) is 8.39. The zero-order chi connectivity index (χ0) is 14.9. The number of likely N-dealkylation sites (tertiary alicyclic amines) is 1. The van der Waals surface area contributed by atoms with Gasteiger partial charge in [-0.1, -0.05) is 13.8 Å². The Labute approximate surface area is 119 Å². The Hall–Kier alpha value is -1.34. The lowest BCUT2D eigenvalue weighted by Crippen LogP contribution is -2.30. The summed E-state index contributed by atoms with van der Waals surface area (Å²) in [5.41, 5.74) is 0.407. The summed E-state index contributed by atoms with van der Waals surface area (Å²) >= 11 is 0. The lowest BCUT2D eigenvalue weighted by molar-refractivity contribution is 0.0777. The molecule has 6 nitrogen and oxygen atoms in total. The maximum atomic E-state index is 12.5. The summed E-state index contributed by atoms with van der Waals surface area (Å²) in [5.74, 6) is 0.379. The minimum Gasteiger partial charge on any atom is -0.342 e. The Morgan fingerprint density at radius 2 is 2.20 bits per heavy atom. The molecule has 0 saturated carbocycles. The smallest absolute Gasteiger partial charge is 0.270 e. The van der Waals surface area contributed by atoms with E-state index >= 15 is 0 Å². The highest BCUT2D eigenvalue weighted by atomic mass is 32.2. The number of hydrogen-bond acceptors (Lipinski definition) is 3. The number of nitrogens with zero attached hydrogens (tertiary/aromatic N) is 2. The van der Waals surface area contributed by atoms with Crippen LogP contribution in [0.1, 0.15) is 37.2 Å². The highest BCUT2D eigenvalue weighted by Crippen LogP contribution is 2.21. The van der Waals surface area contributed by atoms with Crippen LogP contribution in [0.3, 0.4) is 0 Å². The molecule has 20 heavy (non-hydrogen) atoms. The Balaban J connectivity index is 2.34. The quantitative estimate of drug-likeness (QED) is 0.901. The molecule has 2 rings (SSSR count). The number of aryl methyl sites for hydroxylation is 1. The van der Waals surface area contributed by atoms with Crippen molar-refractivity contribution in [2.45, 2.75) is 38.1 Å². The second-order valence-electron chi connectivity index (χ2n) is 5.44. The summed E-state index contributed by atoms with van der Waals surface area (Å²) in [4.78, 5) is 14.3. The van der Waals surface area contributed by atoms with Gasteiger partial charge in [-0.25, -0.2) is 13.6 Å². The van der Waals surface area contributed by atoms with Crippen LogP contribution in [0.5, 0.6) is 0 Å². The normalized spacial score (nSPS) is 19.6. The SMILES string of the molecule is CCCn1cc(S(N)(=O)=O)cc1C(=O)N1CCC(C)C1. The van der Waals surface area contributed by atoms with Gasteiger partial charge in [-0.05, 0) is 24.8 Å². The van der Waals surface area contributed by atoms with Gasteiger partial charge in [0.25, 0.3) is 5.91 Å². The van der Waals surface area contributed by atoms with Crippen LogP contribution in [-0.2, 0) is 16.6 Å². The molecule has 1 aromatic heterocycles. The molecule has 0 aliphatic carbocycles. The number of carbonyl (C=O) groups excluding carboxylic acids is 1. The third-order valence-electron chi connectivity index (χ3n) is 3.59. The predicted octanol–water partition coefficient (Wildman–Crippen LogP) is 1.03. The van der Waals surface area contributed by atoms with Crippen LogP contribution >= 0.6 is 0 Å². The number of sulfonamides is 1. The van der Waals surface area contributed by atoms with Gasteiger partial charge in [0, 0.05) is 25.8 Å². The molecule has 1 unspecified atom stereocenters. The topological polar surface area (TPSA) is 85.4 Å².